The predicted molar refractivity (Wildman–Crippen MR) is 77.2 cm³/mol. The van der Waals surface area contributed by atoms with Crippen LogP contribution in [0.15, 0.2) is 22.7 Å². The van der Waals surface area contributed by atoms with E-state index in [-0.39, 0.29) is 0 Å². The van der Waals surface area contributed by atoms with Crippen molar-refractivity contribution in [2.45, 2.75) is 20.8 Å². The highest BCUT2D eigenvalue weighted by Gasteiger charge is 2.09. The van der Waals surface area contributed by atoms with E-state index in [1.807, 2.05) is 39.0 Å². The van der Waals surface area contributed by atoms with Crippen LogP contribution in [0, 0.1) is 20.8 Å². The van der Waals surface area contributed by atoms with Gasteiger partial charge in [0.05, 0.1) is 0 Å². The molecule has 2 aromatic rings. The Hall–Kier alpha value is -1.46. The molecule has 0 atom stereocenters. The second-order valence-corrected chi connectivity index (χ2v) is 5.07. The summed E-state index contributed by atoms with van der Waals surface area (Å²) in [6.45, 7) is 5.94. The Bertz CT molecular complexity index is 596. The largest absolute Gasteiger partial charge is 0.308 e. The average Bonchev–Trinajstić information content (AvgIpc) is 2.36. The van der Waals surface area contributed by atoms with Gasteiger partial charge in [-0.15, -0.1) is 0 Å². The summed E-state index contributed by atoms with van der Waals surface area (Å²) in [5, 5.41) is 0. The third-order valence-electron chi connectivity index (χ3n) is 2.96. The van der Waals surface area contributed by atoms with Gasteiger partial charge in [-0.3, -0.25) is 0 Å². The van der Waals surface area contributed by atoms with Gasteiger partial charge in [-0.1, -0.05) is 28.1 Å². The molecule has 0 aliphatic rings. The van der Waals surface area contributed by atoms with E-state index in [1.165, 1.54) is 5.56 Å². The van der Waals surface area contributed by atoms with Crippen molar-refractivity contribution < 1.29 is 0 Å². The van der Waals surface area contributed by atoms with E-state index < -0.39 is 0 Å². The smallest absolute Gasteiger partial charge is 0.161 e. The van der Waals surface area contributed by atoms with E-state index in [4.69, 9.17) is 5.84 Å². The lowest BCUT2D eigenvalue weighted by molar-refractivity contribution is 1.06. The van der Waals surface area contributed by atoms with Crippen molar-refractivity contribution in [3.8, 4) is 11.4 Å². The number of anilines is 1. The van der Waals surface area contributed by atoms with Crippen molar-refractivity contribution in [2.24, 2.45) is 5.84 Å². The number of nitrogens with one attached hydrogen (secondary N) is 1. The molecular weight excluding hydrogens is 292 g/mol. The second kappa shape index (κ2) is 5.04. The zero-order valence-corrected chi connectivity index (χ0v) is 12.2. The van der Waals surface area contributed by atoms with Gasteiger partial charge in [-0.2, -0.15) is 0 Å². The number of aromatic nitrogens is 2. The van der Waals surface area contributed by atoms with Crippen molar-refractivity contribution in [3.05, 3.63) is 39.5 Å². The van der Waals surface area contributed by atoms with Crippen LogP contribution in [0.1, 0.15) is 16.8 Å². The number of hydrogen-bond donors (Lipinski definition) is 2. The summed E-state index contributed by atoms with van der Waals surface area (Å²) in [6, 6.07) is 6.05. The number of nitrogens with zero attached hydrogens (tertiary/aromatic N) is 2. The molecule has 0 saturated carbocycles. The normalized spacial score (nSPS) is 10.5. The maximum absolute atomic E-state index is 5.47. The van der Waals surface area contributed by atoms with E-state index in [9.17, 15) is 0 Å². The highest BCUT2D eigenvalue weighted by Crippen LogP contribution is 2.25. The van der Waals surface area contributed by atoms with Gasteiger partial charge in [0, 0.05) is 21.3 Å². The van der Waals surface area contributed by atoms with Crippen LogP contribution in [0.2, 0.25) is 0 Å². The molecule has 94 valence electrons. The fraction of sp³-hybridized carbons (Fsp3) is 0.231. The molecule has 0 bridgehead atoms. The molecule has 1 aromatic carbocycles. The Balaban J connectivity index is 2.57. The fourth-order valence-electron chi connectivity index (χ4n) is 1.63. The van der Waals surface area contributed by atoms with Gasteiger partial charge in [0.25, 0.3) is 0 Å². The van der Waals surface area contributed by atoms with E-state index in [2.05, 4.69) is 31.3 Å². The molecule has 4 nitrogen and oxygen atoms in total. The minimum Gasteiger partial charge on any atom is -0.308 e. The molecule has 0 spiro atoms. The molecular formula is C13H15BrN4. The summed E-state index contributed by atoms with van der Waals surface area (Å²) >= 11 is 3.52. The van der Waals surface area contributed by atoms with Crippen molar-refractivity contribution in [1.29, 1.82) is 0 Å². The molecule has 1 heterocycles. The lowest BCUT2D eigenvalue weighted by Crippen LogP contribution is -2.12. The number of aryl methyl sites for hydroxylation is 2. The van der Waals surface area contributed by atoms with Gasteiger partial charge >= 0.3 is 0 Å². The summed E-state index contributed by atoms with van der Waals surface area (Å²) < 4.78 is 1.05. The summed E-state index contributed by atoms with van der Waals surface area (Å²) in [7, 11) is 0. The number of nitrogens with two attached hydrogens (primary N) is 1. The van der Waals surface area contributed by atoms with Crippen LogP contribution in [0.3, 0.4) is 0 Å². The first-order valence-corrected chi connectivity index (χ1v) is 6.40. The van der Waals surface area contributed by atoms with Crippen LogP contribution in [0.25, 0.3) is 11.4 Å². The Labute approximate surface area is 115 Å². The Morgan fingerprint density at radius 3 is 2.50 bits per heavy atom. The van der Waals surface area contributed by atoms with Crippen LogP contribution in [0.5, 0.6) is 0 Å². The monoisotopic (exact) mass is 306 g/mol. The number of benzene rings is 1. The Kier molecular flexibility index (Phi) is 3.63. The summed E-state index contributed by atoms with van der Waals surface area (Å²) in [5.41, 5.74) is 6.64. The van der Waals surface area contributed by atoms with Crippen molar-refractivity contribution >= 4 is 21.7 Å². The summed E-state index contributed by atoms with van der Waals surface area (Å²) in [6.07, 6.45) is 0. The molecule has 0 fully saturated rings. The maximum Gasteiger partial charge on any atom is 0.161 e. The molecule has 0 saturated heterocycles. The van der Waals surface area contributed by atoms with Gasteiger partial charge in [-0.25, -0.2) is 15.8 Å². The number of rotatable bonds is 2. The van der Waals surface area contributed by atoms with Crippen LogP contribution < -0.4 is 11.3 Å². The highest BCUT2D eigenvalue weighted by molar-refractivity contribution is 9.10. The molecule has 0 radical (unpaired) electrons. The third-order valence-corrected chi connectivity index (χ3v) is 3.81. The van der Waals surface area contributed by atoms with E-state index in [0.717, 1.165) is 21.3 Å². The van der Waals surface area contributed by atoms with Crippen LogP contribution >= 0.6 is 15.9 Å². The molecule has 18 heavy (non-hydrogen) atoms. The number of hydrogen-bond acceptors (Lipinski definition) is 4. The SMILES string of the molecule is Cc1ccc(-c2nc(C)c(C)c(NN)n2)cc1Br. The first kappa shape index (κ1) is 13.0. The van der Waals surface area contributed by atoms with E-state index >= 15 is 0 Å². The van der Waals surface area contributed by atoms with E-state index in [0.29, 0.717) is 11.6 Å². The molecule has 0 amide bonds. The second-order valence-electron chi connectivity index (χ2n) is 4.21. The molecule has 0 aliphatic heterocycles. The van der Waals surface area contributed by atoms with Crippen LogP contribution in [-0.4, -0.2) is 9.97 Å². The first-order chi connectivity index (χ1) is 8.52. The van der Waals surface area contributed by atoms with E-state index in [1.54, 1.807) is 0 Å². The minimum atomic E-state index is 0.661. The van der Waals surface area contributed by atoms with Gasteiger partial charge in [0.15, 0.2) is 5.82 Å². The topological polar surface area (TPSA) is 63.8 Å². The molecule has 0 aliphatic carbocycles. The Morgan fingerprint density at radius 2 is 1.89 bits per heavy atom. The molecule has 3 N–H and O–H groups in total. The zero-order chi connectivity index (χ0) is 13.3. The van der Waals surface area contributed by atoms with Crippen LogP contribution in [0.4, 0.5) is 5.82 Å². The average molecular weight is 307 g/mol. The van der Waals surface area contributed by atoms with Crippen molar-refractivity contribution in [3.63, 3.8) is 0 Å². The van der Waals surface area contributed by atoms with Crippen molar-refractivity contribution in [1.82, 2.24) is 9.97 Å². The summed E-state index contributed by atoms with van der Waals surface area (Å²) in [5.74, 6) is 6.81. The standard InChI is InChI=1S/C13H15BrN4/c1-7-4-5-10(6-11(7)14)13-16-9(3)8(2)12(17-13)18-15/h4-6H,15H2,1-3H3,(H,16,17,18). The van der Waals surface area contributed by atoms with Gasteiger partial charge < -0.3 is 5.43 Å². The molecule has 5 heteroatoms. The molecule has 2 rings (SSSR count). The minimum absolute atomic E-state index is 0.661. The summed E-state index contributed by atoms with van der Waals surface area (Å²) in [4.78, 5) is 8.92. The van der Waals surface area contributed by atoms with Gasteiger partial charge in [-0.05, 0) is 32.4 Å². The maximum atomic E-state index is 5.47. The third kappa shape index (κ3) is 2.37. The van der Waals surface area contributed by atoms with Crippen molar-refractivity contribution in [2.75, 3.05) is 5.43 Å². The lowest BCUT2D eigenvalue weighted by Gasteiger charge is -2.10. The number of halogens is 1. The zero-order valence-electron chi connectivity index (χ0n) is 10.6. The van der Waals surface area contributed by atoms with Gasteiger partial charge in [0.1, 0.15) is 5.82 Å². The first-order valence-electron chi connectivity index (χ1n) is 5.61. The lowest BCUT2D eigenvalue weighted by atomic mass is 10.1. The van der Waals surface area contributed by atoms with Crippen LogP contribution in [-0.2, 0) is 0 Å². The number of nitrogen functional groups attached to an aromatic ring is 1. The highest BCUT2D eigenvalue weighted by atomic mass is 79.9. The molecule has 1 aromatic heterocycles. The number of hydrazine groups is 1. The Morgan fingerprint density at radius 1 is 1.17 bits per heavy atom. The molecule has 0 unspecified atom stereocenters. The quantitative estimate of drug-likeness (QED) is 0.661. The predicted octanol–water partition coefficient (Wildman–Crippen LogP) is 3.12. The fourth-order valence-corrected chi connectivity index (χ4v) is 2.01. The van der Waals surface area contributed by atoms with Gasteiger partial charge in [0.2, 0.25) is 0 Å².